The van der Waals surface area contributed by atoms with Gasteiger partial charge in [0.05, 0.1) is 18.9 Å². The highest BCUT2D eigenvalue weighted by molar-refractivity contribution is 8.00. The number of nitrogens with one attached hydrogen (secondary N) is 1. The van der Waals surface area contributed by atoms with Gasteiger partial charge in [-0.25, -0.2) is 0 Å². The van der Waals surface area contributed by atoms with E-state index in [0.717, 1.165) is 16.2 Å². The van der Waals surface area contributed by atoms with Crippen molar-refractivity contribution in [3.05, 3.63) is 46.7 Å². The third-order valence-corrected chi connectivity index (χ3v) is 5.22. The van der Waals surface area contributed by atoms with E-state index in [4.69, 9.17) is 9.15 Å². The van der Waals surface area contributed by atoms with Crippen LogP contribution in [0.4, 0.5) is 0 Å². The number of nitrogens with zero attached hydrogens (tertiary/aromatic N) is 2. The Labute approximate surface area is 153 Å². The highest BCUT2D eigenvalue weighted by atomic mass is 32.2. The maximum atomic E-state index is 12.2. The molecular weight excluding hydrogens is 358 g/mol. The van der Waals surface area contributed by atoms with Crippen LogP contribution < -0.4 is 10.1 Å². The molecule has 0 aliphatic heterocycles. The highest BCUT2D eigenvalue weighted by Crippen LogP contribution is 2.27. The second-order valence-corrected chi connectivity index (χ2v) is 7.48. The number of ether oxygens (including phenoxy) is 1. The van der Waals surface area contributed by atoms with Crippen molar-refractivity contribution in [1.29, 1.82) is 0 Å². The molecule has 1 aromatic carbocycles. The Morgan fingerprint density at radius 1 is 1.32 bits per heavy atom. The molecule has 0 saturated heterocycles. The van der Waals surface area contributed by atoms with Crippen molar-refractivity contribution in [2.75, 3.05) is 7.11 Å². The molecule has 0 fully saturated rings. The van der Waals surface area contributed by atoms with E-state index < -0.39 is 0 Å². The minimum absolute atomic E-state index is 0.0670. The number of thioether (sulfide) groups is 1. The second kappa shape index (κ2) is 8.17. The van der Waals surface area contributed by atoms with Gasteiger partial charge < -0.3 is 14.5 Å². The van der Waals surface area contributed by atoms with E-state index in [-0.39, 0.29) is 11.2 Å². The minimum atomic E-state index is -0.330. The van der Waals surface area contributed by atoms with Crippen LogP contribution in [0.2, 0.25) is 0 Å². The summed E-state index contributed by atoms with van der Waals surface area (Å²) in [6.45, 7) is 2.34. The van der Waals surface area contributed by atoms with Crippen LogP contribution in [-0.4, -0.2) is 28.5 Å². The third-order valence-electron chi connectivity index (χ3n) is 3.41. The molecule has 2 heterocycles. The summed E-state index contributed by atoms with van der Waals surface area (Å²) in [5.74, 6) is 1.10. The van der Waals surface area contributed by atoms with E-state index in [1.54, 1.807) is 18.4 Å². The lowest BCUT2D eigenvalue weighted by atomic mass is 10.2. The van der Waals surface area contributed by atoms with Crippen LogP contribution in [0.5, 0.6) is 5.75 Å². The average Bonchev–Trinajstić information content (AvgIpc) is 3.31. The van der Waals surface area contributed by atoms with Crippen molar-refractivity contribution in [1.82, 2.24) is 15.5 Å². The monoisotopic (exact) mass is 375 g/mol. The van der Waals surface area contributed by atoms with E-state index >= 15 is 0 Å². The first-order chi connectivity index (χ1) is 12.2. The Hall–Kier alpha value is -2.32. The SMILES string of the molecule is COc1ccc(-c2nnc(S[C@@H](C)C(=O)NCc3cccs3)o2)cc1. The molecular formula is C17H17N3O3S2. The minimum Gasteiger partial charge on any atom is -0.497 e. The van der Waals surface area contributed by atoms with E-state index in [1.165, 1.54) is 11.8 Å². The van der Waals surface area contributed by atoms with Crippen molar-refractivity contribution in [3.63, 3.8) is 0 Å². The Bertz CT molecular complexity index is 816. The summed E-state index contributed by atoms with van der Waals surface area (Å²) in [5.41, 5.74) is 0.801. The zero-order chi connectivity index (χ0) is 17.6. The Morgan fingerprint density at radius 3 is 2.80 bits per heavy atom. The molecule has 8 heteroatoms. The molecule has 0 radical (unpaired) electrons. The summed E-state index contributed by atoms with van der Waals surface area (Å²) < 4.78 is 10.8. The first kappa shape index (κ1) is 17.5. The average molecular weight is 375 g/mol. The normalized spacial score (nSPS) is 11.9. The summed E-state index contributed by atoms with van der Waals surface area (Å²) >= 11 is 2.85. The number of carbonyl (C=O) groups is 1. The fourth-order valence-corrected chi connectivity index (χ4v) is 3.40. The predicted octanol–water partition coefficient (Wildman–Crippen LogP) is 3.60. The number of carbonyl (C=O) groups excluding carboxylic acids is 1. The van der Waals surface area contributed by atoms with Crippen LogP contribution in [0, 0.1) is 0 Å². The molecule has 0 aliphatic rings. The van der Waals surface area contributed by atoms with Gasteiger partial charge >= 0.3 is 0 Å². The van der Waals surface area contributed by atoms with Gasteiger partial charge in [0.25, 0.3) is 5.22 Å². The summed E-state index contributed by atoms with van der Waals surface area (Å²) in [4.78, 5) is 13.3. The summed E-state index contributed by atoms with van der Waals surface area (Å²) in [6.07, 6.45) is 0. The molecule has 2 aromatic heterocycles. The smallest absolute Gasteiger partial charge is 0.277 e. The third kappa shape index (κ3) is 4.61. The molecule has 25 heavy (non-hydrogen) atoms. The lowest BCUT2D eigenvalue weighted by Gasteiger charge is -2.08. The Morgan fingerprint density at radius 2 is 2.12 bits per heavy atom. The molecule has 0 saturated carbocycles. The standard InChI is InChI=1S/C17H17N3O3S2/c1-11(15(21)18-10-14-4-3-9-24-14)25-17-20-19-16(23-17)12-5-7-13(22-2)8-6-12/h3-9,11H,10H2,1-2H3,(H,18,21)/t11-/m0/s1. The van der Waals surface area contributed by atoms with Gasteiger partial charge in [0.2, 0.25) is 11.8 Å². The van der Waals surface area contributed by atoms with Gasteiger partial charge in [0, 0.05) is 10.4 Å². The van der Waals surface area contributed by atoms with E-state index in [2.05, 4.69) is 15.5 Å². The van der Waals surface area contributed by atoms with Gasteiger partial charge in [-0.3, -0.25) is 4.79 Å². The molecule has 0 spiro atoms. The van der Waals surface area contributed by atoms with E-state index in [1.807, 2.05) is 48.7 Å². The molecule has 0 unspecified atom stereocenters. The summed E-state index contributed by atoms with van der Waals surface area (Å²) in [5, 5.41) is 13.0. The fourth-order valence-electron chi connectivity index (χ4n) is 2.04. The number of benzene rings is 1. The molecule has 1 N–H and O–H groups in total. The second-order valence-electron chi connectivity index (χ2n) is 5.16. The fraction of sp³-hybridized carbons (Fsp3) is 0.235. The zero-order valence-electron chi connectivity index (χ0n) is 13.8. The maximum Gasteiger partial charge on any atom is 0.277 e. The largest absolute Gasteiger partial charge is 0.497 e. The Kier molecular flexibility index (Phi) is 5.72. The topological polar surface area (TPSA) is 77.2 Å². The van der Waals surface area contributed by atoms with Gasteiger partial charge in [0.15, 0.2) is 0 Å². The van der Waals surface area contributed by atoms with Crippen molar-refractivity contribution in [2.24, 2.45) is 0 Å². The first-order valence-corrected chi connectivity index (χ1v) is 9.36. The van der Waals surface area contributed by atoms with Crippen LogP contribution in [0.25, 0.3) is 11.5 Å². The van der Waals surface area contributed by atoms with Crippen LogP contribution in [-0.2, 0) is 11.3 Å². The number of hydrogen-bond acceptors (Lipinski definition) is 7. The summed E-state index contributed by atoms with van der Waals surface area (Å²) in [6, 6.07) is 11.3. The van der Waals surface area contributed by atoms with Crippen molar-refractivity contribution in [3.8, 4) is 17.2 Å². The van der Waals surface area contributed by atoms with Gasteiger partial charge in [-0.2, -0.15) is 0 Å². The number of methoxy groups -OCH3 is 1. The van der Waals surface area contributed by atoms with Crippen molar-refractivity contribution >= 4 is 29.0 Å². The van der Waals surface area contributed by atoms with Crippen molar-refractivity contribution in [2.45, 2.75) is 23.9 Å². The molecule has 130 valence electrons. The highest BCUT2D eigenvalue weighted by Gasteiger charge is 2.18. The van der Waals surface area contributed by atoms with Crippen LogP contribution in [0.1, 0.15) is 11.8 Å². The summed E-state index contributed by atoms with van der Waals surface area (Å²) in [7, 11) is 1.61. The molecule has 1 atom stereocenters. The van der Waals surface area contributed by atoms with Gasteiger partial charge in [-0.05, 0) is 42.6 Å². The number of hydrogen-bond donors (Lipinski definition) is 1. The number of thiophene rings is 1. The van der Waals surface area contributed by atoms with Crippen LogP contribution in [0.15, 0.2) is 51.4 Å². The van der Waals surface area contributed by atoms with Crippen LogP contribution >= 0.6 is 23.1 Å². The molecule has 0 bridgehead atoms. The quantitative estimate of drug-likeness (QED) is 0.636. The lowest BCUT2D eigenvalue weighted by Crippen LogP contribution is -2.30. The molecule has 3 aromatic rings. The molecule has 1 amide bonds. The molecule has 6 nitrogen and oxygen atoms in total. The van der Waals surface area contributed by atoms with Gasteiger partial charge in [-0.15, -0.1) is 21.5 Å². The predicted molar refractivity (Wildman–Crippen MR) is 97.8 cm³/mol. The van der Waals surface area contributed by atoms with E-state index in [9.17, 15) is 4.79 Å². The van der Waals surface area contributed by atoms with Crippen LogP contribution in [0.3, 0.4) is 0 Å². The molecule has 3 rings (SSSR count). The van der Waals surface area contributed by atoms with Crippen molar-refractivity contribution < 1.29 is 13.9 Å². The van der Waals surface area contributed by atoms with Gasteiger partial charge in [0.1, 0.15) is 5.75 Å². The first-order valence-electron chi connectivity index (χ1n) is 7.60. The Balaban J connectivity index is 1.57. The van der Waals surface area contributed by atoms with Gasteiger partial charge in [-0.1, -0.05) is 17.8 Å². The molecule has 0 aliphatic carbocycles. The zero-order valence-corrected chi connectivity index (χ0v) is 15.4. The number of amides is 1. The maximum absolute atomic E-state index is 12.2. The number of rotatable bonds is 7. The number of aromatic nitrogens is 2. The van der Waals surface area contributed by atoms with E-state index in [0.29, 0.717) is 17.7 Å². The lowest BCUT2D eigenvalue weighted by molar-refractivity contribution is -0.120.